The minimum atomic E-state index is -0.838. The van der Waals surface area contributed by atoms with Crippen LogP contribution in [0.2, 0.25) is 0 Å². The summed E-state index contributed by atoms with van der Waals surface area (Å²) in [6.45, 7) is 6.86. The van der Waals surface area contributed by atoms with Gasteiger partial charge in [0.1, 0.15) is 6.54 Å². The van der Waals surface area contributed by atoms with Gasteiger partial charge in [-0.15, -0.1) is 0 Å². The smallest absolute Gasteiger partial charge is 0.331 e. The lowest BCUT2D eigenvalue weighted by Gasteiger charge is -2.38. The summed E-state index contributed by atoms with van der Waals surface area (Å²) in [7, 11) is 1.22. The molecule has 0 N–H and O–H groups in total. The van der Waals surface area contributed by atoms with Gasteiger partial charge in [0.05, 0.1) is 42.4 Å². The van der Waals surface area contributed by atoms with E-state index in [-0.39, 0.29) is 37.9 Å². The summed E-state index contributed by atoms with van der Waals surface area (Å²) in [5, 5.41) is 21.0. The molecule has 0 aliphatic heterocycles. The highest BCUT2D eigenvalue weighted by molar-refractivity contribution is 5.78. The highest BCUT2D eigenvalue weighted by Gasteiger charge is 2.42. The van der Waals surface area contributed by atoms with Crippen molar-refractivity contribution < 1.29 is 19.2 Å². The maximum absolute atomic E-state index is 13.7. The predicted octanol–water partition coefficient (Wildman–Crippen LogP) is 2.96. The van der Waals surface area contributed by atoms with Crippen LogP contribution in [0, 0.1) is 35.5 Å². The summed E-state index contributed by atoms with van der Waals surface area (Å²) in [6, 6.07) is 11.7. The summed E-state index contributed by atoms with van der Waals surface area (Å²) < 4.78 is 6.82. The van der Waals surface area contributed by atoms with Gasteiger partial charge in [-0.2, -0.15) is 10.5 Å². The van der Waals surface area contributed by atoms with Crippen LogP contribution in [-0.2, 0) is 37.7 Å². The number of hydrogen-bond acceptors (Lipinski definition) is 8. The average Bonchev–Trinajstić information content (AvgIpc) is 2.95. The van der Waals surface area contributed by atoms with Crippen molar-refractivity contribution in [2.24, 2.45) is 5.92 Å². The van der Waals surface area contributed by atoms with Crippen LogP contribution in [0.25, 0.3) is 0 Å². The summed E-state index contributed by atoms with van der Waals surface area (Å²) >= 11 is 0. The number of benzene rings is 1. The quantitative estimate of drug-likeness (QED) is 0.334. The van der Waals surface area contributed by atoms with Crippen molar-refractivity contribution in [2.45, 2.75) is 83.9 Å². The van der Waals surface area contributed by atoms with Crippen LogP contribution in [-0.4, -0.2) is 45.3 Å². The third-order valence-electron chi connectivity index (χ3n) is 7.27. The van der Waals surface area contributed by atoms with Gasteiger partial charge >= 0.3 is 11.7 Å². The predicted molar refractivity (Wildman–Crippen MR) is 149 cm³/mol. The topological polar surface area (TPSA) is 147 Å². The van der Waals surface area contributed by atoms with Gasteiger partial charge in [0, 0.05) is 24.2 Å². The molecule has 0 unspecified atom stereocenters. The van der Waals surface area contributed by atoms with Gasteiger partial charge in [0.2, 0.25) is 5.91 Å². The zero-order chi connectivity index (χ0) is 30.4. The van der Waals surface area contributed by atoms with Crippen LogP contribution in [0.1, 0.15) is 69.6 Å². The zero-order valence-corrected chi connectivity index (χ0v) is 24.3. The van der Waals surface area contributed by atoms with E-state index < -0.39 is 28.2 Å². The number of methoxy groups -OCH3 is 1. The molecule has 0 spiro atoms. The van der Waals surface area contributed by atoms with Crippen LogP contribution in [0.3, 0.4) is 0 Å². The van der Waals surface area contributed by atoms with Crippen molar-refractivity contribution in [2.75, 3.05) is 13.7 Å². The van der Waals surface area contributed by atoms with E-state index in [0.29, 0.717) is 42.4 Å². The number of carbonyl (C=O) groups is 2. The fourth-order valence-electron chi connectivity index (χ4n) is 5.22. The Labute approximate surface area is 239 Å². The molecule has 1 heterocycles. The van der Waals surface area contributed by atoms with Gasteiger partial charge in [-0.1, -0.05) is 18.2 Å². The lowest BCUT2D eigenvalue weighted by Crippen LogP contribution is -2.45. The summed E-state index contributed by atoms with van der Waals surface area (Å²) in [6.07, 6.45) is 3.34. The first-order valence-electron chi connectivity index (χ1n) is 13.6. The Morgan fingerprint density at radius 2 is 1.80 bits per heavy atom. The molecule has 0 radical (unpaired) electrons. The number of aryl methyl sites for hydroxylation is 1. The van der Waals surface area contributed by atoms with Crippen molar-refractivity contribution >= 4 is 11.9 Å². The Kier molecular flexibility index (Phi) is 9.90. The highest BCUT2D eigenvalue weighted by atomic mass is 16.7. The van der Waals surface area contributed by atoms with Crippen LogP contribution < -0.4 is 11.2 Å². The molecular weight excluding hydrogens is 526 g/mol. The molecule has 1 saturated carbocycles. The van der Waals surface area contributed by atoms with Gasteiger partial charge in [0.25, 0.3) is 5.56 Å². The van der Waals surface area contributed by atoms with Gasteiger partial charge in [-0.25, -0.2) is 9.86 Å². The first kappa shape index (κ1) is 31.3. The van der Waals surface area contributed by atoms with E-state index in [1.165, 1.54) is 18.4 Å². The molecule has 2 aromatic rings. The third kappa shape index (κ3) is 7.30. The van der Waals surface area contributed by atoms with Crippen molar-refractivity contribution in [1.82, 2.24) is 14.2 Å². The van der Waals surface area contributed by atoms with Gasteiger partial charge < -0.3 is 4.74 Å². The minimum Gasteiger partial charge on any atom is -0.468 e. The third-order valence-corrected chi connectivity index (χ3v) is 7.27. The molecule has 0 bridgehead atoms. The van der Waals surface area contributed by atoms with Gasteiger partial charge in [-0.3, -0.25) is 28.4 Å². The van der Waals surface area contributed by atoms with E-state index in [2.05, 4.69) is 16.9 Å². The molecule has 11 nitrogen and oxygen atoms in total. The van der Waals surface area contributed by atoms with Crippen molar-refractivity contribution in [3.05, 3.63) is 68.0 Å². The minimum absolute atomic E-state index is 0.0188. The number of nitrogens with zero attached hydrogens (tertiary/aromatic N) is 5. The zero-order valence-electron chi connectivity index (χ0n) is 24.3. The number of ether oxygens (including phenoxy) is 1. The lowest BCUT2D eigenvalue weighted by atomic mass is 9.66. The molecule has 41 heavy (non-hydrogen) atoms. The molecule has 1 aromatic heterocycles. The lowest BCUT2D eigenvalue weighted by molar-refractivity contribution is -0.231. The van der Waals surface area contributed by atoms with Crippen molar-refractivity contribution in [3.8, 4) is 12.1 Å². The van der Waals surface area contributed by atoms with E-state index in [9.17, 15) is 29.7 Å². The molecule has 3 rings (SSSR count). The molecule has 1 aliphatic rings. The number of hydroxylamine groups is 2. The Hall–Kier alpha value is -4.22. The fourth-order valence-corrected chi connectivity index (χ4v) is 5.22. The van der Waals surface area contributed by atoms with Crippen LogP contribution in [0.4, 0.5) is 0 Å². The molecule has 1 amide bonds. The second-order valence-electron chi connectivity index (χ2n) is 11.4. The number of rotatable bonds is 9. The number of nitriles is 2. The fraction of sp³-hybridized carbons (Fsp3) is 0.533. The Morgan fingerprint density at radius 1 is 1.15 bits per heavy atom. The van der Waals surface area contributed by atoms with E-state index in [4.69, 9.17) is 4.84 Å². The summed E-state index contributed by atoms with van der Waals surface area (Å²) in [5.74, 6) is -1.22. The largest absolute Gasteiger partial charge is 0.468 e. The molecule has 1 aliphatic carbocycles. The van der Waals surface area contributed by atoms with Gasteiger partial charge in [-0.05, 0) is 71.4 Å². The second-order valence-corrected chi connectivity index (χ2v) is 11.4. The SMILES string of the molecule is COC(=O)Cn1cc(C)c(=O)n(CCCN(OC(C)(C)C)C(=O)C2CCC(C#N)(c3ccccc3C#N)CC2)c1=O. The molecular formula is C30H37N5O6. The highest BCUT2D eigenvalue weighted by Crippen LogP contribution is 2.43. The van der Waals surface area contributed by atoms with Crippen LogP contribution in [0.15, 0.2) is 40.1 Å². The summed E-state index contributed by atoms with van der Waals surface area (Å²) in [5.41, 5.74) is -1.17. The monoisotopic (exact) mass is 563 g/mol. The Morgan fingerprint density at radius 3 is 2.39 bits per heavy atom. The number of aromatic nitrogens is 2. The van der Waals surface area contributed by atoms with E-state index in [1.54, 1.807) is 19.1 Å². The van der Waals surface area contributed by atoms with Gasteiger partial charge in [0.15, 0.2) is 0 Å². The number of hydrogen-bond donors (Lipinski definition) is 0. The second kappa shape index (κ2) is 13.0. The van der Waals surface area contributed by atoms with E-state index in [0.717, 1.165) is 9.13 Å². The van der Waals surface area contributed by atoms with Crippen LogP contribution in [0.5, 0.6) is 0 Å². The van der Waals surface area contributed by atoms with E-state index in [1.807, 2.05) is 32.9 Å². The number of esters is 1. The maximum Gasteiger partial charge on any atom is 0.331 e. The normalized spacial score (nSPS) is 18.7. The Balaban J connectivity index is 1.76. The van der Waals surface area contributed by atoms with Crippen molar-refractivity contribution in [1.29, 1.82) is 10.5 Å². The molecule has 11 heteroatoms. The molecule has 1 aromatic carbocycles. The van der Waals surface area contributed by atoms with Crippen molar-refractivity contribution in [3.63, 3.8) is 0 Å². The first-order chi connectivity index (χ1) is 19.4. The average molecular weight is 564 g/mol. The Bertz CT molecular complexity index is 1480. The molecule has 0 atom stereocenters. The number of amides is 1. The molecule has 1 fully saturated rings. The standard InChI is InChI=1S/C30H37N5O6/c1-21-18-33(19-25(36)40-5)28(39)34(26(21)37)15-8-16-35(41-29(2,3)4)27(38)22-11-13-30(20-32,14-12-22)24-10-7-6-9-23(24)17-31/h6-7,9-10,18,22H,8,11-16,19H2,1-5H3. The molecule has 218 valence electrons. The maximum atomic E-state index is 13.7. The number of carbonyl (C=O) groups excluding carboxylic acids is 2. The van der Waals surface area contributed by atoms with E-state index >= 15 is 0 Å². The first-order valence-corrected chi connectivity index (χ1v) is 13.6. The molecule has 0 saturated heterocycles. The van der Waals surface area contributed by atoms with Crippen LogP contribution >= 0.6 is 0 Å². The summed E-state index contributed by atoms with van der Waals surface area (Å²) in [4.78, 5) is 57.0.